The smallest absolute Gasteiger partial charge is 0.269 e. The van der Waals surface area contributed by atoms with Crippen molar-refractivity contribution in [3.05, 3.63) is 59.2 Å². The van der Waals surface area contributed by atoms with E-state index >= 15 is 0 Å². The first kappa shape index (κ1) is 19.4. The molecule has 2 aliphatic heterocycles. The Morgan fingerprint density at radius 2 is 1.97 bits per heavy atom. The Kier molecular flexibility index (Phi) is 4.42. The number of hydrogen-bond donors (Lipinski definition) is 1. The number of nitrogens with zero attached hydrogens (tertiary/aromatic N) is 1. The van der Waals surface area contributed by atoms with Crippen LogP contribution in [0, 0.1) is 6.92 Å². The molecule has 0 spiro atoms. The number of sulfonamides is 1. The van der Waals surface area contributed by atoms with Crippen LogP contribution in [-0.4, -0.2) is 36.7 Å². The fraction of sp³-hybridized carbons (Fsp3) is 0.333. The maximum absolute atomic E-state index is 12.7. The Morgan fingerprint density at radius 1 is 1.24 bits per heavy atom. The molecule has 0 saturated carbocycles. The number of carbonyl (C=O) groups is 2. The highest BCUT2D eigenvalue weighted by atomic mass is 32.2. The Bertz CT molecular complexity index is 1120. The van der Waals surface area contributed by atoms with E-state index in [1.807, 2.05) is 39.0 Å². The lowest BCUT2D eigenvalue weighted by Crippen LogP contribution is -2.45. The summed E-state index contributed by atoms with van der Waals surface area (Å²) in [6, 6.07) is 11.4. The third-order valence-corrected chi connectivity index (χ3v) is 6.94. The summed E-state index contributed by atoms with van der Waals surface area (Å²) >= 11 is 0. The second-order valence-corrected chi connectivity index (χ2v) is 9.87. The lowest BCUT2D eigenvalue weighted by atomic mass is 9.89. The van der Waals surface area contributed by atoms with Gasteiger partial charge in [-0.1, -0.05) is 29.8 Å². The van der Waals surface area contributed by atoms with Gasteiger partial charge in [-0.2, -0.15) is 0 Å². The first-order valence-electron chi connectivity index (χ1n) is 9.33. The third kappa shape index (κ3) is 3.37. The van der Waals surface area contributed by atoms with E-state index in [1.54, 1.807) is 12.1 Å². The lowest BCUT2D eigenvalue weighted by molar-refractivity contribution is -0.122. The number of rotatable bonds is 3. The summed E-state index contributed by atoms with van der Waals surface area (Å²) in [7, 11) is -4.02. The molecule has 4 rings (SSSR count). The minimum absolute atomic E-state index is 0.0639. The molecule has 2 aliphatic rings. The first-order valence-corrected chi connectivity index (χ1v) is 10.8. The minimum atomic E-state index is -4.02. The maximum atomic E-state index is 12.7. The summed E-state index contributed by atoms with van der Waals surface area (Å²) in [6.07, 6.45) is 0.524. The fourth-order valence-corrected chi connectivity index (χ4v) is 5.39. The molecule has 0 unspecified atom stereocenters. The number of aryl methyl sites for hydroxylation is 1. The molecule has 0 aliphatic carbocycles. The molecule has 0 saturated heterocycles. The van der Waals surface area contributed by atoms with E-state index in [2.05, 4.69) is 5.32 Å². The zero-order valence-electron chi connectivity index (χ0n) is 16.4. The SMILES string of the molecule is Cc1ccc2c(c1)[C@@H](NC(=O)CN1C(=O)c3ccccc3S1(=O)=O)CC(C)(C)O2. The van der Waals surface area contributed by atoms with Gasteiger partial charge in [0, 0.05) is 12.0 Å². The molecule has 2 heterocycles. The third-order valence-electron chi connectivity index (χ3n) is 5.16. The molecule has 2 amide bonds. The molecule has 0 aromatic heterocycles. The number of fused-ring (bicyclic) bond motifs is 2. The highest BCUT2D eigenvalue weighted by Gasteiger charge is 2.42. The Labute approximate surface area is 169 Å². The molecule has 2 aromatic rings. The van der Waals surface area contributed by atoms with E-state index in [1.165, 1.54) is 12.1 Å². The number of ether oxygens (including phenoxy) is 1. The molecule has 0 bridgehead atoms. The van der Waals surface area contributed by atoms with E-state index in [-0.39, 0.29) is 16.5 Å². The minimum Gasteiger partial charge on any atom is -0.487 e. The normalized spacial score (nSPS) is 21.1. The van der Waals surface area contributed by atoms with Gasteiger partial charge in [0.15, 0.2) is 0 Å². The van der Waals surface area contributed by atoms with Crippen LogP contribution in [0.1, 0.15) is 47.8 Å². The second-order valence-electron chi connectivity index (χ2n) is 8.04. The molecular formula is C21H22N2O5S. The Hall–Kier alpha value is -2.87. The molecule has 7 nitrogen and oxygen atoms in total. The van der Waals surface area contributed by atoms with Gasteiger partial charge >= 0.3 is 0 Å². The predicted octanol–water partition coefficient (Wildman–Crippen LogP) is 2.56. The highest BCUT2D eigenvalue weighted by Crippen LogP contribution is 2.40. The Morgan fingerprint density at radius 3 is 2.69 bits per heavy atom. The van der Waals surface area contributed by atoms with Gasteiger partial charge in [-0.15, -0.1) is 0 Å². The van der Waals surface area contributed by atoms with Gasteiger partial charge in [-0.05, 0) is 39.0 Å². The summed E-state index contributed by atoms with van der Waals surface area (Å²) < 4.78 is 32.0. The van der Waals surface area contributed by atoms with Crippen LogP contribution >= 0.6 is 0 Å². The number of amides is 2. The van der Waals surface area contributed by atoms with E-state index in [4.69, 9.17) is 4.74 Å². The number of nitrogens with one attached hydrogen (secondary N) is 1. The van der Waals surface area contributed by atoms with Crippen LogP contribution in [0.2, 0.25) is 0 Å². The van der Waals surface area contributed by atoms with Gasteiger partial charge < -0.3 is 10.1 Å². The molecule has 0 fully saturated rings. The van der Waals surface area contributed by atoms with Gasteiger partial charge in [0.05, 0.1) is 11.6 Å². The fourth-order valence-electron chi connectivity index (χ4n) is 3.86. The van der Waals surface area contributed by atoms with Gasteiger partial charge in [0.25, 0.3) is 15.9 Å². The summed E-state index contributed by atoms with van der Waals surface area (Å²) in [6.45, 7) is 5.25. The average Bonchev–Trinajstić information content (AvgIpc) is 2.83. The summed E-state index contributed by atoms with van der Waals surface area (Å²) in [5.74, 6) is -0.529. The Balaban J connectivity index is 1.57. The van der Waals surface area contributed by atoms with Crippen LogP contribution in [0.25, 0.3) is 0 Å². The lowest BCUT2D eigenvalue weighted by Gasteiger charge is -2.38. The van der Waals surface area contributed by atoms with Crippen LogP contribution in [0.3, 0.4) is 0 Å². The molecular weight excluding hydrogens is 392 g/mol. The van der Waals surface area contributed by atoms with Crippen molar-refractivity contribution < 1.29 is 22.7 Å². The number of benzene rings is 2. The van der Waals surface area contributed by atoms with Crippen molar-refractivity contribution in [3.63, 3.8) is 0 Å². The summed E-state index contributed by atoms with van der Waals surface area (Å²) in [4.78, 5) is 25.2. The van der Waals surface area contributed by atoms with Crippen LogP contribution in [0.4, 0.5) is 0 Å². The van der Waals surface area contributed by atoms with E-state index in [0.29, 0.717) is 16.5 Å². The quantitative estimate of drug-likeness (QED) is 0.833. The molecule has 1 atom stereocenters. The zero-order chi connectivity index (χ0) is 21.0. The van der Waals surface area contributed by atoms with Crippen molar-refractivity contribution in [1.29, 1.82) is 0 Å². The van der Waals surface area contributed by atoms with E-state index in [0.717, 1.165) is 11.1 Å². The molecule has 0 radical (unpaired) electrons. The van der Waals surface area contributed by atoms with Crippen molar-refractivity contribution in [2.45, 2.75) is 43.7 Å². The predicted molar refractivity (Wildman–Crippen MR) is 106 cm³/mol. The van der Waals surface area contributed by atoms with Crippen LogP contribution in [0.15, 0.2) is 47.4 Å². The molecule has 29 heavy (non-hydrogen) atoms. The first-order chi connectivity index (χ1) is 13.6. The average molecular weight is 414 g/mol. The van der Waals surface area contributed by atoms with Crippen molar-refractivity contribution in [2.75, 3.05) is 6.54 Å². The van der Waals surface area contributed by atoms with Gasteiger partial charge in [-0.3, -0.25) is 9.59 Å². The summed E-state index contributed by atoms with van der Waals surface area (Å²) in [5, 5.41) is 2.89. The highest BCUT2D eigenvalue weighted by molar-refractivity contribution is 7.90. The van der Waals surface area contributed by atoms with Crippen LogP contribution < -0.4 is 10.1 Å². The van der Waals surface area contributed by atoms with Crippen LogP contribution in [0.5, 0.6) is 5.75 Å². The largest absolute Gasteiger partial charge is 0.487 e. The van der Waals surface area contributed by atoms with E-state index in [9.17, 15) is 18.0 Å². The number of carbonyl (C=O) groups excluding carboxylic acids is 2. The standard InChI is InChI=1S/C21H22N2O5S/c1-13-8-9-17-15(10-13)16(11-21(2,3)28-17)22-19(24)12-23-20(25)14-6-4-5-7-18(14)29(23,26)27/h4-10,16H,11-12H2,1-3H3,(H,22,24)/t16-/m0/s1. The molecule has 8 heteroatoms. The monoisotopic (exact) mass is 414 g/mol. The van der Waals surface area contributed by atoms with Crippen LogP contribution in [-0.2, 0) is 14.8 Å². The second kappa shape index (κ2) is 6.59. The van der Waals surface area contributed by atoms with Crippen molar-refractivity contribution in [3.8, 4) is 5.75 Å². The van der Waals surface area contributed by atoms with Gasteiger partial charge in [-0.25, -0.2) is 12.7 Å². The van der Waals surface area contributed by atoms with Gasteiger partial charge in [0.1, 0.15) is 22.8 Å². The summed E-state index contributed by atoms with van der Waals surface area (Å²) in [5.41, 5.74) is 1.47. The van der Waals surface area contributed by atoms with Crippen molar-refractivity contribution in [2.24, 2.45) is 0 Å². The molecule has 2 aromatic carbocycles. The van der Waals surface area contributed by atoms with Gasteiger partial charge in [0.2, 0.25) is 5.91 Å². The topological polar surface area (TPSA) is 92.8 Å². The molecule has 152 valence electrons. The van der Waals surface area contributed by atoms with Crippen molar-refractivity contribution in [1.82, 2.24) is 9.62 Å². The number of hydrogen-bond acceptors (Lipinski definition) is 5. The zero-order valence-corrected chi connectivity index (χ0v) is 17.2. The maximum Gasteiger partial charge on any atom is 0.269 e. The molecule has 1 N–H and O–H groups in total. The van der Waals surface area contributed by atoms with Crippen molar-refractivity contribution >= 4 is 21.8 Å². The van der Waals surface area contributed by atoms with E-state index < -0.39 is 34.0 Å².